The lowest BCUT2D eigenvalue weighted by Crippen LogP contribution is -2.55. The summed E-state index contributed by atoms with van der Waals surface area (Å²) < 4.78 is 0. The number of allylic oxidation sites excluding steroid dienone is 1. The Morgan fingerprint density at radius 3 is 1.45 bits per heavy atom. The van der Waals surface area contributed by atoms with Crippen molar-refractivity contribution in [3.8, 4) is 0 Å². The van der Waals surface area contributed by atoms with Gasteiger partial charge in [-0.1, -0.05) is 27.7 Å². The number of rotatable bonds is 27. The van der Waals surface area contributed by atoms with Crippen molar-refractivity contribution in [1.29, 1.82) is 0 Å². The number of amides is 5. The highest BCUT2D eigenvalue weighted by molar-refractivity contribution is 6.06. The fourth-order valence-corrected chi connectivity index (χ4v) is 9.04. The zero-order valence-corrected chi connectivity index (χ0v) is 38.7. The minimum Gasteiger partial charge on any atom is -0.394 e. The molecule has 21 heteroatoms. The summed E-state index contributed by atoms with van der Waals surface area (Å²) in [5.41, 5.74) is 0.372. The average molecular weight is 925 g/mol. The van der Waals surface area contributed by atoms with Crippen molar-refractivity contribution in [2.24, 2.45) is 17.3 Å². The van der Waals surface area contributed by atoms with E-state index in [1.54, 1.807) is 34.6 Å². The quantitative estimate of drug-likeness (QED) is 0.0308. The summed E-state index contributed by atoms with van der Waals surface area (Å²) in [6.45, 7) is 7.68. The molecule has 0 radical (unpaired) electrons. The molecule has 7 atom stereocenters. The molecule has 1 aliphatic rings. The van der Waals surface area contributed by atoms with Crippen LogP contribution in [0, 0.1) is 38.0 Å². The van der Waals surface area contributed by atoms with Gasteiger partial charge in [0.15, 0.2) is 0 Å². The van der Waals surface area contributed by atoms with Gasteiger partial charge in [-0.15, -0.1) is 0 Å². The van der Waals surface area contributed by atoms with Crippen LogP contribution < -0.4 is 26.2 Å². The standard InChI is InChI=1S/C44H72N6O15/c1-9-33-36(42(64)47-13-30(59)19-53)27(8)39(44(10-2,23(3)4)37(33)43(65)48-14-31(60)20-54)50(22-56)16-32(61)15-49(21-55)38-25(6)34(40(62)45-11-28(57)17-51)24(5)35(26(38)7)41(63)46-12-29(58)18-52/h22-23,28-32,37,51-55,57-61H,9-21H2,1-8H3,(H,45,62)(H,46,63)(H,47,64)(H,48,65). The van der Waals surface area contributed by atoms with Gasteiger partial charge in [0.25, 0.3) is 17.7 Å². The number of carbonyl (C=O) groups excluding carboxylic acids is 5. The summed E-state index contributed by atoms with van der Waals surface area (Å²) in [7, 11) is 0. The molecular formula is C44H72N6O15. The van der Waals surface area contributed by atoms with Gasteiger partial charge in [0.05, 0.1) is 69.4 Å². The Kier molecular flexibility index (Phi) is 22.6. The number of aliphatic hydroxyl groups excluding tert-OH is 10. The number of anilines is 1. The highest BCUT2D eigenvalue weighted by Crippen LogP contribution is 2.56. The lowest BCUT2D eigenvalue weighted by molar-refractivity contribution is -0.131. The topological polar surface area (TPSA) is 342 Å². The third-order valence-corrected chi connectivity index (χ3v) is 12.1. The van der Waals surface area contributed by atoms with Crippen molar-refractivity contribution < 1.29 is 75.0 Å². The molecule has 1 aromatic carbocycles. The lowest BCUT2D eigenvalue weighted by atomic mass is 9.56. The highest BCUT2D eigenvalue weighted by Gasteiger charge is 2.54. The number of benzene rings is 1. The summed E-state index contributed by atoms with van der Waals surface area (Å²) >= 11 is 0. The zero-order chi connectivity index (χ0) is 49.5. The van der Waals surface area contributed by atoms with E-state index in [0.717, 1.165) is 0 Å². The van der Waals surface area contributed by atoms with E-state index in [1.165, 1.54) is 16.7 Å². The van der Waals surface area contributed by atoms with Crippen molar-refractivity contribution in [2.45, 2.75) is 98.8 Å². The molecule has 0 fully saturated rings. The second-order valence-electron chi connectivity index (χ2n) is 16.7. The molecule has 368 valence electrons. The van der Waals surface area contributed by atoms with Gasteiger partial charge in [-0.05, 0) is 74.3 Å². The fraction of sp³-hybridized carbons (Fsp3) is 0.659. The van der Waals surface area contributed by atoms with Crippen LogP contribution in [0.2, 0.25) is 0 Å². The lowest BCUT2D eigenvalue weighted by Gasteiger charge is -2.52. The smallest absolute Gasteiger partial charge is 0.252 e. The molecule has 0 spiro atoms. The van der Waals surface area contributed by atoms with Crippen molar-refractivity contribution in [2.75, 3.05) is 77.3 Å². The SMILES string of the molecule is CCC1=C(C(=O)NCC(O)CO)C(C)=C(N(C=O)CC(O)CN(CO)c2c(C)c(C(=O)NCC(O)CO)c(C)c(C(=O)NCC(O)CO)c2C)C(CC)(C(C)C)C1C(=O)NCC(O)CO. The molecule has 0 saturated carbocycles. The maximum absolute atomic E-state index is 14.4. The molecule has 0 aromatic heterocycles. The minimum atomic E-state index is -1.52. The van der Waals surface area contributed by atoms with Crippen molar-refractivity contribution in [3.63, 3.8) is 0 Å². The first-order chi connectivity index (χ1) is 30.6. The summed E-state index contributed by atoms with van der Waals surface area (Å²) in [5, 5.41) is 111. The first-order valence-electron chi connectivity index (χ1n) is 21.8. The molecule has 0 bridgehead atoms. The first kappa shape index (κ1) is 56.6. The van der Waals surface area contributed by atoms with Crippen LogP contribution in [0.4, 0.5) is 5.69 Å². The summed E-state index contributed by atoms with van der Waals surface area (Å²) in [5.74, 6) is -4.41. The van der Waals surface area contributed by atoms with E-state index in [-0.39, 0.29) is 89.4 Å². The Morgan fingerprint density at radius 2 is 1.08 bits per heavy atom. The number of aliphatic hydroxyl groups is 10. The van der Waals surface area contributed by atoms with Crippen LogP contribution in [0.25, 0.3) is 0 Å². The van der Waals surface area contributed by atoms with Gasteiger partial charge in [-0.3, -0.25) is 24.0 Å². The monoisotopic (exact) mass is 925 g/mol. The van der Waals surface area contributed by atoms with Gasteiger partial charge in [-0.2, -0.15) is 0 Å². The van der Waals surface area contributed by atoms with E-state index < -0.39 is 118 Å². The molecule has 0 saturated heterocycles. The molecule has 1 aliphatic carbocycles. The van der Waals surface area contributed by atoms with Crippen LogP contribution in [0.15, 0.2) is 22.4 Å². The van der Waals surface area contributed by atoms with E-state index in [0.29, 0.717) is 12.0 Å². The number of nitrogens with one attached hydrogen (secondary N) is 4. The van der Waals surface area contributed by atoms with Crippen LogP contribution in [-0.4, -0.2) is 189 Å². The average Bonchev–Trinajstić information content (AvgIpc) is 3.28. The largest absolute Gasteiger partial charge is 0.394 e. The third kappa shape index (κ3) is 13.1. The van der Waals surface area contributed by atoms with Gasteiger partial charge in [0.2, 0.25) is 12.3 Å². The molecular weight excluding hydrogens is 853 g/mol. The Hall–Kier alpha value is -4.55. The number of carbonyl (C=O) groups is 5. The molecule has 1 aromatic rings. The number of nitrogens with zero attached hydrogens (tertiary/aromatic N) is 2. The van der Waals surface area contributed by atoms with Crippen LogP contribution in [0.5, 0.6) is 0 Å². The van der Waals surface area contributed by atoms with Crippen LogP contribution in [0.1, 0.15) is 84.9 Å². The zero-order valence-electron chi connectivity index (χ0n) is 38.7. The number of hydrogen-bond acceptors (Lipinski definition) is 16. The molecule has 21 nitrogen and oxygen atoms in total. The summed E-state index contributed by atoms with van der Waals surface area (Å²) in [6, 6.07) is 0. The van der Waals surface area contributed by atoms with Crippen LogP contribution in [-0.2, 0) is 14.4 Å². The summed E-state index contributed by atoms with van der Waals surface area (Å²) in [4.78, 5) is 71.8. The normalized spacial score (nSPS) is 18.7. The van der Waals surface area contributed by atoms with Crippen LogP contribution in [0.3, 0.4) is 0 Å². The number of hydrogen-bond donors (Lipinski definition) is 14. The summed E-state index contributed by atoms with van der Waals surface area (Å²) in [6.07, 6.45) is -5.93. The molecule has 0 aliphatic heterocycles. The minimum absolute atomic E-state index is 0.0269. The molecule has 5 amide bonds. The van der Waals surface area contributed by atoms with E-state index in [1.807, 2.05) is 13.8 Å². The molecule has 2 rings (SSSR count). The van der Waals surface area contributed by atoms with Crippen molar-refractivity contribution >= 4 is 35.7 Å². The predicted octanol–water partition coefficient (Wildman–Crippen LogP) is -3.05. The second kappa shape index (κ2) is 26.0. The maximum atomic E-state index is 14.4. The Balaban J connectivity index is 2.89. The fourth-order valence-electron chi connectivity index (χ4n) is 9.04. The first-order valence-corrected chi connectivity index (χ1v) is 21.8. The molecule has 14 N–H and O–H groups in total. The molecule has 65 heavy (non-hydrogen) atoms. The van der Waals surface area contributed by atoms with E-state index >= 15 is 0 Å². The van der Waals surface area contributed by atoms with E-state index in [2.05, 4.69) is 21.3 Å². The highest BCUT2D eigenvalue weighted by atomic mass is 16.3. The Bertz CT molecular complexity index is 1840. The third-order valence-electron chi connectivity index (χ3n) is 12.1. The Labute approximate surface area is 379 Å². The maximum Gasteiger partial charge on any atom is 0.252 e. The van der Waals surface area contributed by atoms with Gasteiger partial charge in [0.1, 0.15) is 6.73 Å². The molecule has 7 unspecified atom stereocenters. The van der Waals surface area contributed by atoms with Gasteiger partial charge in [-0.25, -0.2) is 0 Å². The predicted molar refractivity (Wildman–Crippen MR) is 238 cm³/mol. The van der Waals surface area contributed by atoms with Crippen LogP contribution >= 0.6 is 0 Å². The van der Waals surface area contributed by atoms with Gasteiger partial charge < -0.3 is 82.1 Å². The van der Waals surface area contributed by atoms with Crippen molar-refractivity contribution in [1.82, 2.24) is 26.2 Å². The second-order valence-corrected chi connectivity index (χ2v) is 16.7. The van der Waals surface area contributed by atoms with Crippen molar-refractivity contribution in [3.05, 3.63) is 50.2 Å². The van der Waals surface area contributed by atoms with Gasteiger partial charge >= 0.3 is 0 Å². The molecule has 0 heterocycles. The van der Waals surface area contributed by atoms with E-state index in [9.17, 15) is 75.0 Å². The Morgan fingerprint density at radius 1 is 0.646 bits per heavy atom. The van der Waals surface area contributed by atoms with E-state index in [4.69, 9.17) is 0 Å². The van der Waals surface area contributed by atoms with Gasteiger partial charge in [0, 0.05) is 66.2 Å².